The second-order valence-corrected chi connectivity index (χ2v) is 8.83. The van der Waals surface area contributed by atoms with E-state index in [0.717, 1.165) is 34.0 Å². The van der Waals surface area contributed by atoms with Crippen LogP contribution in [0.15, 0.2) is 72.9 Å². The molecular weight excluding hydrogens is 455 g/mol. The lowest BCUT2D eigenvalue weighted by Crippen LogP contribution is -2.41. The Kier molecular flexibility index (Phi) is 8.18. The molecule has 3 N–H and O–H groups in total. The third-order valence-electron chi connectivity index (χ3n) is 6.28. The molecule has 0 saturated heterocycles. The van der Waals surface area contributed by atoms with Crippen molar-refractivity contribution < 1.29 is 19.0 Å². The number of fused-ring (bicyclic) bond motifs is 1. The highest BCUT2D eigenvalue weighted by Gasteiger charge is 2.24. The number of benzene rings is 3. The zero-order valence-electron chi connectivity index (χ0n) is 20.5. The minimum Gasteiger partial charge on any atom is -0.493 e. The van der Waals surface area contributed by atoms with E-state index >= 15 is 0 Å². The quantitative estimate of drug-likeness (QED) is 0.235. The zero-order chi connectivity index (χ0) is 25.5. The number of amides is 1. The lowest BCUT2D eigenvalue weighted by atomic mass is 9.93. The Morgan fingerprint density at radius 1 is 1.08 bits per heavy atom. The summed E-state index contributed by atoms with van der Waals surface area (Å²) >= 11 is 0. The molecule has 0 bridgehead atoms. The number of hydrogen-bond donors (Lipinski definition) is 3. The van der Waals surface area contributed by atoms with Gasteiger partial charge in [0.25, 0.3) is 5.91 Å². The summed E-state index contributed by atoms with van der Waals surface area (Å²) in [5.74, 6) is -0.242. The number of nitrogens with one attached hydrogen (secondary N) is 2. The minimum atomic E-state index is -0.492. The van der Waals surface area contributed by atoms with Crippen molar-refractivity contribution in [2.75, 3.05) is 13.2 Å². The van der Waals surface area contributed by atoms with E-state index in [-0.39, 0.29) is 24.2 Å². The largest absolute Gasteiger partial charge is 0.493 e. The molecule has 0 fully saturated rings. The number of para-hydroxylation sites is 1. The van der Waals surface area contributed by atoms with Crippen molar-refractivity contribution in [2.24, 2.45) is 0 Å². The number of aliphatic hydroxyl groups excluding tert-OH is 1. The maximum absolute atomic E-state index is 13.4. The molecule has 2 atom stereocenters. The van der Waals surface area contributed by atoms with Gasteiger partial charge in [-0.25, -0.2) is 4.39 Å². The van der Waals surface area contributed by atoms with E-state index in [1.165, 1.54) is 12.1 Å². The van der Waals surface area contributed by atoms with Gasteiger partial charge in [-0.05, 0) is 53.4 Å². The molecule has 0 spiro atoms. The summed E-state index contributed by atoms with van der Waals surface area (Å²) < 4.78 is 19.0. The number of aromatic nitrogens is 1. The molecule has 0 aliphatic rings. The van der Waals surface area contributed by atoms with Gasteiger partial charge in [0.1, 0.15) is 11.6 Å². The highest BCUT2D eigenvalue weighted by Crippen LogP contribution is 2.28. The van der Waals surface area contributed by atoms with Crippen molar-refractivity contribution in [3.05, 3.63) is 101 Å². The zero-order valence-corrected chi connectivity index (χ0v) is 20.5. The Bertz CT molecular complexity index is 1340. The van der Waals surface area contributed by atoms with E-state index in [2.05, 4.69) is 10.3 Å². The smallest absolute Gasteiger partial charge is 0.255 e. The number of halogens is 1. The fraction of sp³-hybridized carbons (Fsp3) is 0.233. The summed E-state index contributed by atoms with van der Waals surface area (Å²) in [5, 5.41) is 14.2. The Hall–Kier alpha value is -3.90. The Morgan fingerprint density at radius 3 is 2.56 bits per heavy atom. The van der Waals surface area contributed by atoms with E-state index < -0.39 is 6.04 Å². The van der Waals surface area contributed by atoms with Crippen LogP contribution in [0.2, 0.25) is 0 Å². The summed E-state index contributed by atoms with van der Waals surface area (Å²) in [6.07, 6.45) is 6.47. The number of aliphatic hydroxyl groups is 1. The van der Waals surface area contributed by atoms with E-state index in [9.17, 15) is 14.3 Å². The van der Waals surface area contributed by atoms with Crippen LogP contribution in [0.1, 0.15) is 53.2 Å². The topological polar surface area (TPSA) is 74.3 Å². The summed E-state index contributed by atoms with van der Waals surface area (Å²) in [6, 6.07) is 19.1. The van der Waals surface area contributed by atoms with Crippen molar-refractivity contribution in [1.82, 2.24) is 10.3 Å². The van der Waals surface area contributed by atoms with Gasteiger partial charge in [0.2, 0.25) is 0 Å². The third-order valence-corrected chi connectivity index (χ3v) is 6.28. The van der Waals surface area contributed by atoms with Crippen LogP contribution in [-0.4, -0.2) is 35.3 Å². The molecule has 0 aliphatic carbocycles. The Balaban J connectivity index is 1.58. The summed E-state index contributed by atoms with van der Waals surface area (Å²) in [5.41, 5.74) is 4.09. The molecule has 4 rings (SSSR count). The Labute approximate surface area is 210 Å². The first-order valence-corrected chi connectivity index (χ1v) is 12.2. The van der Waals surface area contributed by atoms with Gasteiger partial charge in [0.15, 0.2) is 0 Å². The molecule has 1 unspecified atom stereocenters. The van der Waals surface area contributed by atoms with Gasteiger partial charge in [-0.15, -0.1) is 0 Å². The van der Waals surface area contributed by atoms with Gasteiger partial charge >= 0.3 is 0 Å². The maximum atomic E-state index is 13.4. The molecular formula is C30H31FN2O3. The first-order chi connectivity index (χ1) is 17.5. The normalized spacial score (nSPS) is 13.1. The predicted octanol–water partition coefficient (Wildman–Crippen LogP) is 6.16. The highest BCUT2D eigenvalue weighted by atomic mass is 19.1. The predicted molar refractivity (Wildman–Crippen MR) is 143 cm³/mol. The molecule has 0 saturated carbocycles. The summed E-state index contributed by atoms with van der Waals surface area (Å²) in [7, 11) is 0. The van der Waals surface area contributed by atoms with Crippen LogP contribution < -0.4 is 10.1 Å². The molecule has 36 heavy (non-hydrogen) atoms. The molecule has 1 aromatic heterocycles. The van der Waals surface area contributed by atoms with E-state index in [0.29, 0.717) is 17.9 Å². The lowest BCUT2D eigenvalue weighted by Gasteiger charge is -2.24. The SMILES string of the molecule is CCCOc1ccc(/C=C/c2ccc(F)cc2)cc1C(=O)NC(CO)[C@H](C)c1c[nH]c2ccccc12. The fourth-order valence-corrected chi connectivity index (χ4v) is 4.20. The van der Waals surface area contributed by atoms with Crippen molar-refractivity contribution >= 4 is 29.0 Å². The third kappa shape index (κ3) is 5.83. The van der Waals surface area contributed by atoms with Crippen molar-refractivity contribution in [3.8, 4) is 5.75 Å². The van der Waals surface area contributed by atoms with Crippen LogP contribution in [0.4, 0.5) is 4.39 Å². The van der Waals surface area contributed by atoms with Gasteiger partial charge in [-0.3, -0.25) is 4.79 Å². The van der Waals surface area contributed by atoms with E-state index in [4.69, 9.17) is 4.74 Å². The minimum absolute atomic E-state index is 0.128. The second kappa shape index (κ2) is 11.7. The molecule has 0 aliphatic heterocycles. The van der Waals surface area contributed by atoms with Crippen LogP contribution in [0.25, 0.3) is 23.1 Å². The van der Waals surface area contributed by atoms with Crippen molar-refractivity contribution in [2.45, 2.75) is 32.2 Å². The van der Waals surface area contributed by atoms with Gasteiger partial charge in [-0.2, -0.15) is 0 Å². The summed E-state index contributed by atoms with van der Waals surface area (Å²) in [4.78, 5) is 16.7. The van der Waals surface area contributed by atoms with Gasteiger partial charge in [-0.1, -0.05) is 62.4 Å². The van der Waals surface area contributed by atoms with Crippen LogP contribution in [0.3, 0.4) is 0 Å². The van der Waals surface area contributed by atoms with Crippen LogP contribution >= 0.6 is 0 Å². The highest BCUT2D eigenvalue weighted by molar-refractivity contribution is 5.98. The average molecular weight is 487 g/mol. The van der Waals surface area contributed by atoms with E-state index in [1.54, 1.807) is 24.3 Å². The number of ether oxygens (including phenoxy) is 1. The monoisotopic (exact) mass is 486 g/mol. The average Bonchev–Trinajstić information content (AvgIpc) is 3.34. The molecule has 186 valence electrons. The number of H-pyrrole nitrogens is 1. The maximum Gasteiger partial charge on any atom is 0.255 e. The lowest BCUT2D eigenvalue weighted by molar-refractivity contribution is 0.0903. The van der Waals surface area contributed by atoms with Gasteiger partial charge in [0.05, 0.1) is 24.8 Å². The number of rotatable bonds is 10. The first-order valence-electron chi connectivity index (χ1n) is 12.2. The van der Waals surface area contributed by atoms with Crippen molar-refractivity contribution in [1.29, 1.82) is 0 Å². The van der Waals surface area contributed by atoms with Crippen LogP contribution in [0, 0.1) is 5.82 Å². The van der Waals surface area contributed by atoms with Gasteiger partial charge < -0.3 is 20.1 Å². The second-order valence-electron chi connectivity index (χ2n) is 8.83. The number of hydrogen-bond acceptors (Lipinski definition) is 3. The molecule has 3 aromatic carbocycles. The van der Waals surface area contributed by atoms with Crippen molar-refractivity contribution in [3.63, 3.8) is 0 Å². The standard InChI is InChI=1S/C30H31FN2O3/c1-3-16-36-29-15-12-22(9-8-21-10-13-23(31)14-11-21)17-25(29)30(35)33-28(19-34)20(2)26-18-32-27-7-5-4-6-24(26)27/h4-15,17-18,20,28,32,34H,3,16,19H2,1-2H3,(H,33,35)/b9-8+/t20-,28?/m1/s1. The van der Waals surface area contributed by atoms with Gasteiger partial charge in [0, 0.05) is 23.0 Å². The molecule has 5 nitrogen and oxygen atoms in total. The number of carbonyl (C=O) groups excluding carboxylic acids is 1. The Morgan fingerprint density at radius 2 is 1.81 bits per heavy atom. The molecule has 1 heterocycles. The van der Waals surface area contributed by atoms with E-state index in [1.807, 2.05) is 62.5 Å². The molecule has 1 amide bonds. The first kappa shape index (κ1) is 25.2. The molecule has 6 heteroatoms. The summed E-state index contributed by atoms with van der Waals surface area (Å²) in [6.45, 7) is 4.28. The van der Waals surface area contributed by atoms with Crippen LogP contribution in [0.5, 0.6) is 5.75 Å². The molecule has 0 radical (unpaired) electrons. The fourth-order valence-electron chi connectivity index (χ4n) is 4.20. The molecule has 4 aromatic rings. The van der Waals surface area contributed by atoms with Crippen LogP contribution in [-0.2, 0) is 0 Å². The number of carbonyl (C=O) groups is 1. The number of aromatic amines is 1.